The molecule has 0 unspecified atom stereocenters. The van der Waals surface area contributed by atoms with Gasteiger partial charge in [0, 0.05) is 15.8 Å². The third-order valence-electron chi connectivity index (χ3n) is 1.63. The second-order valence-corrected chi connectivity index (χ2v) is 4.54. The molecule has 0 aliphatic heterocycles. The maximum Gasteiger partial charge on any atom is 0.328 e. The predicted octanol–water partition coefficient (Wildman–Crippen LogP) is 2.77. The zero-order chi connectivity index (χ0) is 11.3. The molecule has 3 nitrogen and oxygen atoms in total. The summed E-state index contributed by atoms with van der Waals surface area (Å²) in [4.78, 5) is 12.3. The third kappa shape index (κ3) is 4.76. The van der Waals surface area contributed by atoms with Crippen molar-refractivity contribution >= 4 is 23.4 Å². The van der Waals surface area contributed by atoms with Crippen LogP contribution in [0.25, 0.3) is 6.08 Å². The van der Waals surface area contributed by atoms with Crippen LogP contribution >= 0.6 is 11.3 Å². The fraction of sp³-hybridized carbons (Fsp3) is 0.364. The lowest BCUT2D eigenvalue weighted by Crippen LogP contribution is -2.00. The average Bonchev–Trinajstić information content (AvgIpc) is 2.59. The van der Waals surface area contributed by atoms with Crippen LogP contribution in [0.3, 0.4) is 0 Å². The molecule has 0 aliphatic rings. The SMILES string of the molecule is CC(C)OCc1ccc(C=CC(=O)O)s1. The quantitative estimate of drug-likeness (QED) is 0.785. The van der Waals surface area contributed by atoms with E-state index in [0.717, 1.165) is 15.8 Å². The zero-order valence-electron chi connectivity index (χ0n) is 8.77. The maximum absolute atomic E-state index is 10.3. The van der Waals surface area contributed by atoms with E-state index in [2.05, 4.69) is 0 Å². The van der Waals surface area contributed by atoms with Crippen molar-refractivity contribution in [1.82, 2.24) is 0 Å². The Labute approximate surface area is 93.0 Å². The van der Waals surface area contributed by atoms with Gasteiger partial charge in [-0.1, -0.05) is 0 Å². The molecule has 4 heteroatoms. The third-order valence-corrected chi connectivity index (χ3v) is 2.66. The van der Waals surface area contributed by atoms with Crippen molar-refractivity contribution in [2.75, 3.05) is 0 Å². The lowest BCUT2D eigenvalue weighted by Gasteiger charge is -2.04. The van der Waals surface area contributed by atoms with Gasteiger partial charge in [-0.3, -0.25) is 0 Å². The van der Waals surface area contributed by atoms with Crippen LogP contribution in [-0.2, 0) is 16.1 Å². The van der Waals surface area contributed by atoms with Gasteiger partial charge in [0.05, 0.1) is 12.7 Å². The van der Waals surface area contributed by atoms with Gasteiger partial charge in [0.15, 0.2) is 0 Å². The highest BCUT2D eigenvalue weighted by atomic mass is 32.1. The van der Waals surface area contributed by atoms with Crippen LogP contribution in [0.15, 0.2) is 18.2 Å². The molecule has 0 spiro atoms. The molecule has 1 N–H and O–H groups in total. The van der Waals surface area contributed by atoms with Crippen molar-refractivity contribution in [3.63, 3.8) is 0 Å². The molecule has 0 atom stereocenters. The number of hydrogen-bond acceptors (Lipinski definition) is 3. The highest BCUT2D eigenvalue weighted by molar-refractivity contribution is 7.12. The van der Waals surface area contributed by atoms with Crippen molar-refractivity contribution in [3.05, 3.63) is 28.0 Å². The van der Waals surface area contributed by atoms with E-state index in [9.17, 15) is 4.79 Å². The van der Waals surface area contributed by atoms with E-state index in [1.54, 1.807) is 17.4 Å². The summed E-state index contributed by atoms with van der Waals surface area (Å²) in [6.45, 7) is 4.56. The van der Waals surface area contributed by atoms with Crippen LogP contribution < -0.4 is 0 Å². The van der Waals surface area contributed by atoms with E-state index >= 15 is 0 Å². The van der Waals surface area contributed by atoms with Crippen LogP contribution in [0.5, 0.6) is 0 Å². The van der Waals surface area contributed by atoms with Crippen LogP contribution in [0.2, 0.25) is 0 Å². The number of carbonyl (C=O) groups is 1. The summed E-state index contributed by atoms with van der Waals surface area (Å²) < 4.78 is 5.44. The maximum atomic E-state index is 10.3. The van der Waals surface area contributed by atoms with Gasteiger partial charge in [-0.2, -0.15) is 0 Å². The minimum Gasteiger partial charge on any atom is -0.478 e. The van der Waals surface area contributed by atoms with Gasteiger partial charge in [-0.05, 0) is 32.1 Å². The Hall–Kier alpha value is -1.13. The van der Waals surface area contributed by atoms with E-state index in [-0.39, 0.29) is 6.10 Å². The summed E-state index contributed by atoms with van der Waals surface area (Å²) in [5, 5.41) is 8.45. The molecule has 0 saturated carbocycles. The molecule has 0 aliphatic carbocycles. The molecule has 1 heterocycles. The standard InChI is InChI=1S/C11H14O3S/c1-8(2)14-7-10-4-3-9(15-10)5-6-11(12)13/h3-6,8H,7H2,1-2H3,(H,12,13). The Balaban J connectivity index is 2.52. The first-order chi connectivity index (χ1) is 7.08. The topological polar surface area (TPSA) is 46.5 Å². The molecule has 0 radical (unpaired) electrons. The smallest absolute Gasteiger partial charge is 0.328 e. The Morgan fingerprint density at radius 1 is 1.60 bits per heavy atom. The van der Waals surface area contributed by atoms with Crippen LogP contribution in [0.4, 0.5) is 0 Å². The normalized spacial score (nSPS) is 11.4. The molecule has 15 heavy (non-hydrogen) atoms. The van der Waals surface area contributed by atoms with Gasteiger partial charge >= 0.3 is 5.97 Å². The molecule has 0 amide bonds. The molecule has 1 aromatic rings. The Kier molecular flexibility index (Phi) is 4.52. The number of ether oxygens (including phenoxy) is 1. The molecule has 1 aromatic heterocycles. The fourth-order valence-electron chi connectivity index (χ4n) is 0.964. The van der Waals surface area contributed by atoms with E-state index in [4.69, 9.17) is 9.84 Å². The van der Waals surface area contributed by atoms with Crippen LogP contribution in [0.1, 0.15) is 23.6 Å². The Morgan fingerprint density at radius 2 is 2.33 bits per heavy atom. The largest absolute Gasteiger partial charge is 0.478 e. The zero-order valence-corrected chi connectivity index (χ0v) is 9.58. The minimum atomic E-state index is -0.927. The fourth-order valence-corrected chi connectivity index (χ4v) is 1.80. The lowest BCUT2D eigenvalue weighted by molar-refractivity contribution is -0.131. The van der Waals surface area contributed by atoms with Crippen molar-refractivity contribution in [3.8, 4) is 0 Å². The van der Waals surface area contributed by atoms with E-state index in [1.807, 2.05) is 26.0 Å². The highest BCUT2D eigenvalue weighted by Crippen LogP contribution is 2.19. The van der Waals surface area contributed by atoms with Crippen molar-refractivity contribution in [1.29, 1.82) is 0 Å². The molecule has 0 saturated heterocycles. The van der Waals surface area contributed by atoms with E-state index in [1.165, 1.54) is 0 Å². The highest BCUT2D eigenvalue weighted by Gasteiger charge is 2.00. The summed E-state index contributed by atoms with van der Waals surface area (Å²) >= 11 is 1.54. The van der Waals surface area contributed by atoms with E-state index < -0.39 is 5.97 Å². The number of carboxylic acids is 1. The van der Waals surface area contributed by atoms with Gasteiger partial charge in [0.25, 0.3) is 0 Å². The molecular formula is C11H14O3S. The average molecular weight is 226 g/mol. The summed E-state index contributed by atoms with van der Waals surface area (Å²) in [5.41, 5.74) is 0. The summed E-state index contributed by atoms with van der Waals surface area (Å²) in [6, 6.07) is 3.84. The van der Waals surface area contributed by atoms with Crippen molar-refractivity contribution < 1.29 is 14.6 Å². The van der Waals surface area contributed by atoms with Gasteiger partial charge in [0.2, 0.25) is 0 Å². The summed E-state index contributed by atoms with van der Waals surface area (Å²) in [7, 11) is 0. The molecule has 0 bridgehead atoms. The number of rotatable bonds is 5. The second kappa shape index (κ2) is 5.68. The first-order valence-electron chi connectivity index (χ1n) is 4.69. The molecule has 82 valence electrons. The minimum absolute atomic E-state index is 0.213. The van der Waals surface area contributed by atoms with Crippen molar-refractivity contribution in [2.45, 2.75) is 26.6 Å². The number of carboxylic acid groups (broad SMARTS) is 1. The number of hydrogen-bond donors (Lipinski definition) is 1. The van der Waals surface area contributed by atoms with Gasteiger partial charge < -0.3 is 9.84 Å². The van der Waals surface area contributed by atoms with E-state index in [0.29, 0.717) is 6.61 Å². The van der Waals surface area contributed by atoms with Crippen LogP contribution in [-0.4, -0.2) is 17.2 Å². The molecule has 1 rings (SSSR count). The second-order valence-electron chi connectivity index (χ2n) is 3.34. The van der Waals surface area contributed by atoms with Crippen LogP contribution in [0, 0.1) is 0 Å². The van der Waals surface area contributed by atoms with Crippen molar-refractivity contribution in [2.24, 2.45) is 0 Å². The first kappa shape index (κ1) is 11.9. The molecule has 0 fully saturated rings. The number of thiophene rings is 1. The molecule has 0 aromatic carbocycles. The first-order valence-corrected chi connectivity index (χ1v) is 5.51. The monoisotopic (exact) mass is 226 g/mol. The predicted molar refractivity (Wildman–Crippen MR) is 60.9 cm³/mol. The lowest BCUT2D eigenvalue weighted by atomic mass is 10.4. The summed E-state index contributed by atoms with van der Waals surface area (Å²) in [6.07, 6.45) is 2.94. The molecular weight excluding hydrogens is 212 g/mol. The Bertz CT molecular complexity index is 352. The van der Waals surface area contributed by atoms with Gasteiger partial charge in [-0.15, -0.1) is 11.3 Å². The van der Waals surface area contributed by atoms with Gasteiger partial charge in [-0.25, -0.2) is 4.79 Å². The summed E-state index contributed by atoms with van der Waals surface area (Å²) in [5.74, 6) is -0.927. The van der Waals surface area contributed by atoms with Gasteiger partial charge in [0.1, 0.15) is 0 Å². The Morgan fingerprint density at radius 3 is 2.93 bits per heavy atom. The number of aliphatic carboxylic acids is 1.